The van der Waals surface area contributed by atoms with E-state index < -0.39 is 0 Å². The zero-order valence-electron chi connectivity index (χ0n) is 15.5. The molecule has 6 nitrogen and oxygen atoms in total. The highest BCUT2D eigenvalue weighted by atomic mass is 35.5. The Bertz CT molecular complexity index is 1200. The summed E-state index contributed by atoms with van der Waals surface area (Å²) in [6, 6.07) is 14.9. The van der Waals surface area contributed by atoms with E-state index in [1.807, 2.05) is 46.3 Å². The van der Waals surface area contributed by atoms with Gasteiger partial charge in [0.1, 0.15) is 0 Å². The number of benzene rings is 2. The van der Waals surface area contributed by atoms with E-state index in [0.717, 1.165) is 21.9 Å². The number of halogens is 1. The molecule has 2 N–H and O–H groups in total. The molecular formula is C21H17ClN4O2S. The molecule has 0 fully saturated rings. The van der Waals surface area contributed by atoms with Gasteiger partial charge < -0.3 is 10.6 Å². The molecule has 29 heavy (non-hydrogen) atoms. The maximum atomic E-state index is 12.5. The lowest BCUT2D eigenvalue weighted by Crippen LogP contribution is -2.15. The zero-order chi connectivity index (χ0) is 20.4. The second kappa shape index (κ2) is 8.06. The van der Waals surface area contributed by atoms with E-state index in [9.17, 15) is 9.59 Å². The Kier molecular flexibility index (Phi) is 5.33. The molecule has 0 saturated heterocycles. The summed E-state index contributed by atoms with van der Waals surface area (Å²) in [4.78, 5) is 29.2. The van der Waals surface area contributed by atoms with E-state index in [4.69, 9.17) is 11.6 Å². The first-order valence-corrected chi connectivity index (χ1v) is 10.1. The van der Waals surface area contributed by atoms with Crippen molar-refractivity contribution in [3.63, 3.8) is 0 Å². The summed E-state index contributed by atoms with van der Waals surface area (Å²) in [7, 11) is 0. The van der Waals surface area contributed by atoms with Gasteiger partial charge in [0, 0.05) is 35.4 Å². The minimum atomic E-state index is -0.208. The Morgan fingerprint density at radius 2 is 1.93 bits per heavy atom. The van der Waals surface area contributed by atoms with E-state index in [1.54, 1.807) is 18.2 Å². The molecule has 0 bridgehead atoms. The van der Waals surface area contributed by atoms with Crippen LogP contribution in [0, 0.1) is 0 Å². The minimum absolute atomic E-state index is 0.164. The summed E-state index contributed by atoms with van der Waals surface area (Å²) >= 11 is 7.66. The van der Waals surface area contributed by atoms with Crippen molar-refractivity contribution in [1.82, 2.24) is 9.38 Å². The van der Waals surface area contributed by atoms with Crippen molar-refractivity contribution in [3.05, 3.63) is 70.8 Å². The highest BCUT2D eigenvalue weighted by Crippen LogP contribution is 2.26. The number of hydrogen-bond donors (Lipinski definition) is 2. The largest absolute Gasteiger partial charge is 0.326 e. The standard InChI is InChI=1S/C21H17ClN4O2S/c1-13(27)23-18-8-7-15(9-17(18)22)24-20(28)10-16-12-29-21-25-19(11-26(16)21)14-5-3-2-4-6-14/h2-9,11-12H,10H2,1H3,(H,23,27)(H,24,28). The van der Waals surface area contributed by atoms with Crippen molar-refractivity contribution in [2.45, 2.75) is 13.3 Å². The number of nitrogens with one attached hydrogen (secondary N) is 2. The number of aromatic nitrogens is 2. The Morgan fingerprint density at radius 1 is 1.14 bits per heavy atom. The van der Waals surface area contributed by atoms with E-state index >= 15 is 0 Å². The van der Waals surface area contributed by atoms with Gasteiger partial charge in [-0.2, -0.15) is 0 Å². The molecule has 4 aromatic rings. The molecule has 0 aliphatic heterocycles. The van der Waals surface area contributed by atoms with E-state index in [-0.39, 0.29) is 18.2 Å². The minimum Gasteiger partial charge on any atom is -0.326 e. The summed E-state index contributed by atoms with van der Waals surface area (Å²) < 4.78 is 1.94. The van der Waals surface area contributed by atoms with Gasteiger partial charge in [0.05, 0.1) is 22.8 Å². The number of carbonyl (C=O) groups is 2. The van der Waals surface area contributed by atoms with Crippen LogP contribution in [0.3, 0.4) is 0 Å². The summed E-state index contributed by atoms with van der Waals surface area (Å²) in [5.41, 5.74) is 3.84. The summed E-state index contributed by atoms with van der Waals surface area (Å²) in [5.74, 6) is -0.372. The molecular weight excluding hydrogens is 408 g/mol. The molecule has 2 amide bonds. The molecule has 0 atom stereocenters. The summed E-state index contributed by atoms with van der Waals surface area (Å²) in [6.45, 7) is 1.41. The number of imidazole rings is 1. The highest BCUT2D eigenvalue weighted by molar-refractivity contribution is 7.15. The molecule has 0 aliphatic rings. The quantitative estimate of drug-likeness (QED) is 0.480. The third kappa shape index (κ3) is 4.31. The molecule has 0 unspecified atom stereocenters. The number of thiazole rings is 1. The average Bonchev–Trinajstić information content (AvgIpc) is 3.26. The van der Waals surface area contributed by atoms with Crippen LogP contribution < -0.4 is 10.6 Å². The Labute approximate surface area is 176 Å². The fourth-order valence-electron chi connectivity index (χ4n) is 2.96. The van der Waals surface area contributed by atoms with Gasteiger partial charge >= 0.3 is 0 Å². The lowest BCUT2D eigenvalue weighted by atomic mass is 10.2. The average molecular weight is 425 g/mol. The van der Waals surface area contributed by atoms with E-state index in [2.05, 4.69) is 15.6 Å². The van der Waals surface area contributed by atoms with Gasteiger partial charge in [-0.1, -0.05) is 41.9 Å². The first kappa shape index (κ1) is 19.2. The van der Waals surface area contributed by atoms with Crippen LogP contribution in [0.5, 0.6) is 0 Å². The van der Waals surface area contributed by atoms with Crippen molar-refractivity contribution >= 4 is 51.1 Å². The lowest BCUT2D eigenvalue weighted by molar-refractivity contribution is -0.116. The molecule has 0 aliphatic carbocycles. The number of nitrogens with zero attached hydrogens (tertiary/aromatic N) is 2. The van der Waals surface area contributed by atoms with Crippen LogP contribution in [0.2, 0.25) is 5.02 Å². The number of anilines is 2. The van der Waals surface area contributed by atoms with Gasteiger partial charge in [0.15, 0.2) is 4.96 Å². The second-order valence-electron chi connectivity index (χ2n) is 6.47. The molecule has 4 rings (SSSR count). The summed E-state index contributed by atoms with van der Waals surface area (Å²) in [6.07, 6.45) is 2.15. The Morgan fingerprint density at radius 3 is 2.66 bits per heavy atom. The predicted octanol–water partition coefficient (Wildman–Crippen LogP) is 4.86. The number of rotatable bonds is 5. The third-order valence-corrected chi connectivity index (χ3v) is 5.46. The molecule has 146 valence electrons. The second-order valence-corrected chi connectivity index (χ2v) is 7.72. The fourth-order valence-corrected chi connectivity index (χ4v) is 4.06. The van der Waals surface area contributed by atoms with Crippen molar-refractivity contribution in [2.24, 2.45) is 0 Å². The number of fused-ring (bicyclic) bond motifs is 1. The fraction of sp³-hybridized carbons (Fsp3) is 0.0952. The van der Waals surface area contributed by atoms with E-state index in [0.29, 0.717) is 16.4 Å². The number of amides is 2. The Hall–Kier alpha value is -3.16. The van der Waals surface area contributed by atoms with Crippen molar-refractivity contribution in [1.29, 1.82) is 0 Å². The van der Waals surface area contributed by atoms with Gasteiger partial charge in [-0.25, -0.2) is 4.98 Å². The van der Waals surface area contributed by atoms with E-state index in [1.165, 1.54) is 18.3 Å². The summed E-state index contributed by atoms with van der Waals surface area (Å²) in [5, 5.41) is 7.77. The first-order valence-electron chi connectivity index (χ1n) is 8.87. The normalized spacial score (nSPS) is 10.8. The molecule has 2 aromatic carbocycles. The molecule has 0 spiro atoms. The van der Waals surface area contributed by atoms with Gasteiger partial charge in [0.25, 0.3) is 0 Å². The zero-order valence-corrected chi connectivity index (χ0v) is 17.1. The van der Waals surface area contributed by atoms with Crippen LogP contribution in [0.1, 0.15) is 12.6 Å². The molecule has 2 aromatic heterocycles. The van der Waals surface area contributed by atoms with Crippen molar-refractivity contribution in [3.8, 4) is 11.3 Å². The smallest absolute Gasteiger partial charge is 0.230 e. The maximum Gasteiger partial charge on any atom is 0.230 e. The first-order chi connectivity index (χ1) is 14.0. The number of hydrogen-bond acceptors (Lipinski definition) is 4. The van der Waals surface area contributed by atoms with Crippen LogP contribution in [0.4, 0.5) is 11.4 Å². The van der Waals surface area contributed by atoms with Crippen molar-refractivity contribution in [2.75, 3.05) is 10.6 Å². The highest BCUT2D eigenvalue weighted by Gasteiger charge is 2.13. The molecule has 0 saturated carbocycles. The predicted molar refractivity (Wildman–Crippen MR) is 117 cm³/mol. The molecule has 0 radical (unpaired) electrons. The molecule has 2 heterocycles. The maximum absolute atomic E-state index is 12.5. The Balaban J connectivity index is 1.48. The monoisotopic (exact) mass is 424 g/mol. The van der Waals surface area contributed by atoms with Gasteiger partial charge in [-0.15, -0.1) is 11.3 Å². The SMILES string of the molecule is CC(=O)Nc1ccc(NC(=O)Cc2csc3nc(-c4ccccc4)cn23)cc1Cl. The third-order valence-electron chi connectivity index (χ3n) is 4.26. The van der Waals surface area contributed by atoms with Gasteiger partial charge in [-0.3, -0.25) is 14.0 Å². The van der Waals surface area contributed by atoms with Gasteiger partial charge in [-0.05, 0) is 18.2 Å². The van der Waals surface area contributed by atoms with Crippen LogP contribution in [-0.2, 0) is 16.0 Å². The van der Waals surface area contributed by atoms with Crippen LogP contribution in [-0.4, -0.2) is 21.2 Å². The van der Waals surface area contributed by atoms with Crippen LogP contribution in [0.25, 0.3) is 16.2 Å². The van der Waals surface area contributed by atoms with Crippen molar-refractivity contribution < 1.29 is 9.59 Å². The van der Waals surface area contributed by atoms with Crippen LogP contribution in [0.15, 0.2) is 60.1 Å². The van der Waals surface area contributed by atoms with Crippen LogP contribution >= 0.6 is 22.9 Å². The lowest BCUT2D eigenvalue weighted by Gasteiger charge is -2.09. The number of carbonyl (C=O) groups excluding carboxylic acids is 2. The molecule has 8 heteroatoms. The van der Waals surface area contributed by atoms with Gasteiger partial charge in [0.2, 0.25) is 11.8 Å². The topological polar surface area (TPSA) is 75.5 Å².